The molecule has 11 heteroatoms. The molecule has 40 heavy (non-hydrogen) atoms. The molecule has 0 unspecified atom stereocenters. The van der Waals surface area contributed by atoms with Gasteiger partial charge in [-0.25, -0.2) is 8.42 Å². The van der Waals surface area contributed by atoms with Gasteiger partial charge in [-0.2, -0.15) is 4.31 Å². The summed E-state index contributed by atoms with van der Waals surface area (Å²) in [6.45, 7) is 4.26. The molecule has 2 aromatic carbocycles. The lowest BCUT2D eigenvalue weighted by molar-refractivity contribution is -0.199. The summed E-state index contributed by atoms with van der Waals surface area (Å²) in [7, 11) is -3.94. The fraction of sp³-hybridized carbons (Fsp3) is 0.552. The highest BCUT2D eigenvalue weighted by Gasteiger charge is 2.47. The smallest absolute Gasteiger partial charge is 0.306 e. The number of nitrogens with zero attached hydrogens (tertiary/aromatic N) is 1. The van der Waals surface area contributed by atoms with Crippen molar-refractivity contribution in [2.75, 3.05) is 32.0 Å². The largest absolute Gasteiger partial charge is 0.462 e. The zero-order valence-corrected chi connectivity index (χ0v) is 23.8. The minimum atomic E-state index is -3.94. The number of nitrogen functional groups attached to an aromatic ring is 1. The maximum Gasteiger partial charge on any atom is 0.306 e. The zero-order chi connectivity index (χ0) is 28.9. The van der Waals surface area contributed by atoms with Gasteiger partial charge in [0, 0.05) is 31.1 Å². The number of anilines is 1. The normalized spacial score (nSPS) is 24.6. The van der Waals surface area contributed by atoms with Crippen molar-refractivity contribution in [2.45, 2.75) is 62.6 Å². The number of benzene rings is 2. The van der Waals surface area contributed by atoms with Crippen LogP contribution >= 0.6 is 0 Å². The first kappa shape index (κ1) is 30.4. The standard InChI is InChI=1S/C29H40N2O8S/c1-19(2)16-31(40(35,36)23-10-8-22(30)9-11-23)17-24(32)21(14-20-6-4-3-5-7-20)15-27(34)39-26-12-13-37-29-28(26)25(33)18-38-29/h3-11,19,21,24-26,28-29,32-33H,12-18,30H2,1-2H3/t21-,24-,25+,26+,28+,29+/m1/s1. The lowest BCUT2D eigenvalue weighted by Gasteiger charge is -2.34. The highest BCUT2D eigenvalue weighted by Crippen LogP contribution is 2.33. The van der Waals surface area contributed by atoms with Crippen molar-refractivity contribution in [3.05, 3.63) is 60.2 Å². The van der Waals surface area contributed by atoms with E-state index >= 15 is 0 Å². The number of esters is 1. The fourth-order valence-corrected chi connectivity index (χ4v) is 6.95. The number of nitrogens with two attached hydrogens (primary N) is 1. The Balaban J connectivity index is 1.52. The van der Waals surface area contributed by atoms with Crippen LogP contribution in [0, 0.1) is 17.8 Å². The lowest BCUT2D eigenvalue weighted by Crippen LogP contribution is -2.45. The molecule has 0 saturated carbocycles. The van der Waals surface area contributed by atoms with Gasteiger partial charge in [0.1, 0.15) is 6.10 Å². The van der Waals surface area contributed by atoms with Crippen molar-refractivity contribution in [1.29, 1.82) is 0 Å². The quantitative estimate of drug-likeness (QED) is 0.255. The summed E-state index contributed by atoms with van der Waals surface area (Å²) in [5.74, 6) is -1.62. The third kappa shape index (κ3) is 7.59. The molecule has 0 aromatic heterocycles. The number of rotatable bonds is 12. The van der Waals surface area contributed by atoms with Gasteiger partial charge in [-0.05, 0) is 42.2 Å². The number of ether oxygens (including phenoxy) is 3. The second-order valence-corrected chi connectivity index (χ2v) is 13.0. The molecule has 4 N–H and O–H groups in total. The average molecular weight is 577 g/mol. The molecule has 6 atom stereocenters. The van der Waals surface area contributed by atoms with Crippen molar-refractivity contribution in [3.63, 3.8) is 0 Å². The number of hydrogen-bond donors (Lipinski definition) is 3. The minimum absolute atomic E-state index is 0.00480. The third-order valence-corrected chi connectivity index (χ3v) is 9.22. The number of aliphatic hydroxyl groups excluding tert-OH is 2. The first-order valence-corrected chi connectivity index (χ1v) is 15.2. The Morgan fingerprint density at radius 3 is 2.48 bits per heavy atom. The SMILES string of the molecule is CC(C)CN(C[C@@H](O)[C@@H](CC(=O)O[C@H]1CCO[C@H]2OC[C@H](O)[C@H]21)Cc1ccccc1)S(=O)(=O)c1ccc(N)cc1. The Kier molecular flexibility index (Phi) is 10.2. The number of fused-ring (bicyclic) bond motifs is 1. The van der Waals surface area contributed by atoms with Gasteiger partial charge in [-0.15, -0.1) is 0 Å². The van der Waals surface area contributed by atoms with Crippen molar-refractivity contribution < 1.29 is 37.6 Å². The third-order valence-electron chi connectivity index (χ3n) is 7.38. The molecule has 4 rings (SSSR count). The van der Waals surface area contributed by atoms with Gasteiger partial charge in [0.15, 0.2) is 6.29 Å². The van der Waals surface area contributed by atoms with E-state index in [9.17, 15) is 23.4 Å². The molecule has 0 aliphatic carbocycles. The second-order valence-electron chi connectivity index (χ2n) is 11.0. The van der Waals surface area contributed by atoms with Crippen LogP contribution in [0.3, 0.4) is 0 Å². The maximum absolute atomic E-state index is 13.6. The Labute approximate surface area is 236 Å². The van der Waals surface area contributed by atoms with Gasteiger partial charge in [0.05, 0.1) is 42.7 Å². The van der Waals surface area contributed by atoms with Crippen LogP contribution in [0.2, 0.25) is 0 Å². The summed E-state index contributed by atoms with van der Waals surface area (Å²) >= 11 is 0. The van der Waals surface area contributed by atoms with Crippen molar-refractivity contribution in [3.8, 4) is 0 Å². The number of aliphatic hydroxyl groups is 2. The Hall–Kier alpha value is -2.54. The molecule has 2 fully saturated rings. The van der Waals surface area contributed by atoms with Crippen LogP contribution in [-0.2, 0) is 35.4 Å². The zero-order valence-electron chi connectivity index (χ0n) is 23.0. The first-order chi connectivity index (χ1) is 19.0. The molecular formula is C29H40N2O8S. The van der Waals surface area contributed by atoms with Crippen LogP contribution in [-0.4, -0.2) is 79.8 Å². The molecule has 0 amide bonds. The molecule has 2 heterocycles. The van der Waals surface area contributed by atoms with Crippen LogP contribution in [0.15, 0.2) is 59.5 Å². The van der Waals surface area contributed by atoms with Gasteiger partial charge < -0.3 is 30.2 Å². The first-order valence-electron chi connectivity index (χ1n) is 13.7. The monoisotopic (exact) mass is 576 g/mol. The lowest BCUT2D eigenvalue weighted by atomic mass is 9.90. The topological polar surface area (TPSA) is 149 Å². The van der Waals surface area contributed by atoms with E-state index in [1.807, 2.05) is 44.2 Å². The predicted molar refractivity (Wildman–Crippen MR) is 148 cm³/mol. The Morgan fingerprint density at radius 2 is 1.80 bits per heavy atom. The summed E-state index contributed by atoms with van der Waals surface area (Å²) in [4.78, 5) is 13.3. The van der Waals surface area contributed by atoms with Crippen LogP contribution in [0.25, 0.3) is 0 Å². The maximum atomic E-state index is 13.6. The number of carbonyl (C=O) groups excluding carboxylic acids is 1. The molecule has 0 spiro atoms. The molecule has 2 aliphatic rings. The molecular weight excluding hydrogens is 536 g/mol. The van der Waals surface area contributed by atoms with Crippen molar-refractivity contribution in [2.24, 2.45) is 17.8 Å². The average Bonchev–Trinajstić information content (AvgIpc) is 3.30. The number of sulfonamides is 1. The molecule has 0 radical (unpaired) electrons. The molecule has 2 aromatic rings. The van der Waals surface area contributed by atoms with Crippen LogP contribution in [0.1, 0.15) is 32.3 Å². The molecule has 0 bridgehead atoms. The van der Waals surface area contributed by atoms with E-state index in [0.29, 0.717) is 25.1 Å². The summed E-state index contributed by atoms with van der Waals surface area (Å²) in [6.07, 6.45) is -2.48. The van der Waals surface area contributed by atoms with Crippen LogP contribution in [0.4, 0.5) is 5.69 Å². The van der Waals surface area contributed by atoms with E-state index in [1.54, 1.807) is 0 Å². The Bertz CT molecular complexity index is 1210. The predicted octanol–water partition coefficient (Wildman–Crippen LogP) is 2.19. The van der Waals surface area contributed by atoms with Crippen LogP contribution in [0.5, 0.6) is 0 Å². The Morgan fingerprint density at radius 1 is 1.10 bits per heavy atom. The highest BCUT2D eigenvalue weighted by atomic mass is 32.2. The summed E-state index contributed by atoms with van der Waals surface area (Å²) in [5, 5.41) is 21.8. The van der Waals surface area contributed by atoms with E-state index in [-0.39, 0.29) is 36.9 Å². The fourth-order valence-electron chi connectivity index (χ4n) is 5.33. The minimum Gasteiger partial charge on any atom is -0.462 e. The van der Waals surface area contributed by atoms with E-state index in [2.05, 4.69) is 0 Å². The van der Waals surface area contributed by atoms with Gasteiger partial charge in [-0.3, -0.25) is 4.79 Å². The van der Waals surface area contributed by atoms with E-state index in [0.717, 1.165) is 5.56 Å². The van der Waals surface area contributed by atoms with Crippen LogP contribution < -0.4 is 5.73 Å². The summed E-state index contributed by atoms with van der Waals surface area (Å²) < 4.78 is 45.2. The van der Waals surface area contributed by atoms with Crippen molar-refractivity contribution >= 4 is 21.7 Å². The van der Waals surface area contributed by atoms with E-state index < -0.39 is 52.4 Å². The highest BCUT2D eigenvalue weighted by molar-refractivity contribution is 7.89. The molecule has 220 valence electrons. The number of hydrogen-bond acceptors (Lipinski definition) is 9. The second kappa shape index (κ2) is 13.4. The summed E-state index contributed by atoms with van der Waals surface area (Å²) in [5.41, 5.74) is 7.10. The van der Waals surface area contributed by atoms with E-state index in [4.69, 9.17) is 19.9 Å². The molecule has 2 aliphatic heterocycles. The van der Waals surface area contributed by atoms with Gasteiger partial charge >= 0.3 is 5.97 Å². The van der Waals surface area contributed by atoms with E-state index in [1.165, 1.54) is 28.6 Å². The van der Waals surface area contributed by atoms with Gasteiger partial charge in [-0.1, -0.05) is 44.2 Å². The van der Waals surface area contributed by atoms with Crippen molar-refractivity contribution in [1.82, 2.24) is 4.31 Å². The summed E-state index contributed by atoms with van der Waals surface area (Å²) in [6, 6.07) is 15.4. The number of carbonyl (C=O) groups is 1. The van der Waals surface area contributed by atoms with Gasteiger partial charge in [0.25, 0.3) is 0 Å². The molecule has 10 nitrogen and oxygen atoms in total. The van der Waals surface area contributed by atoms with Gasteiger partial charge in [0.2, 0.25) is 10.0 Å². The molecule has 2 saturated heterocycles.